The van der Waals surface area contributed by atoms with E-state index in [2.05, 4.69) is 0 Å². The van der Waals surface area contributed by atoms with E-state index in [4.69, 9.17) is 4.74 Å². The maximum atomic E-state index is 10.3. The molecule has 0 bridgehead atoms. The van der Waals surface area contributed by atoms with Gasteiger partial charge < -0.3 is 4.74 Å². The van der Waals surface area contributed by atoms with E-state index in [9.17, 15) is 10.1 Å². The first-order chi connectivity index (χ1) is 7.22. The van der Waals surface area contributed by atoms with Crippen LogP contribution in [0.5, 0.6) is 0 Å². The average Bonchev–Trinajstić information content (AvgIpc) is 2.25. The molecule has 4 nitrogen and oxygen atoms in total. The Labute approximate surface area is 89.0 Å². The molecule has 0 aliphatic heterocycles. The van der Waals surface area contributed by atoms with Gasteiger partial charge in [0.05, 0.1) is 0 Å². The predicted octanol–water partition coefficient (Wildman–Crippen LogP) is 1.91. The van der Waals surface area contributed by atoms with Gasteiger partial charge in [0.15, 0.2) is 0 Å². The molecule has 0 spiro atoms. The molecule has 0 heterocycles. The normalized spacial score (nSPS) is 12.3. The molecule has 0 aromatic heterocycles. The van der Waals surface area contributed by atoms with E-state index < -0.39 is 0 Å². The summed E-state index contributed by atoms with van der Waals surface area (Å²) < 4.78 is 5.04. The van der Waals surface area contributed by atoms with Gasteiger partial charge in [0.1, 0.15) is 6.10 Å². The summed E-state index contributed by atoms with van der Waals surface area (Å²) in [4.78, 5) is 9.97. The van der Waals surface area contributed by atoms with Gasteiger partial charge in [-0.25, -0.2) is 0 Å². The Morgan fingerprint density at radius 3 is 2.60 bits per heavy atom. The van der Waals surface area contributed by atoms with Crippen molar-refractivity contribution in [3.05, 3.63) is 46.0 Å². The molecule has 4 heteroatoms. The largest absolute Gasteiger partial charge is 0.375 e. The lowest BCUT2D eigenvalue weighted by molar-refractivity contribution is -0.491. The topological polar surface area (TPSA) is 52.4 Å². The van der Waals surface area contributed by atoms with Gasteiger partial charge in [-0.1, -0.05) is 30.3 Å². The fourth-order valence-corrected chi connectivity index (χ4v) is 1.42. The second-order valence-electron chi connectivity index (χ2n) is 3.40. The van der Waals surface area contributed by atoms with Gasteiger partial charge >= 0.3 is 0 Å². The Morgan fingerprint density at radius 2 is 2.07 bits per heavy atom. The van der Waals surface area contributed by atoms with Crippen molar-refractivity contribution in [1.29, 1.82) is 0 Å². The Hall–Kier alpha value is -1.42. The number of nitro groups is 1. The first-order valence-corrected chi connectivity index (χ1v) is 4.91. The van der Waals surface area contributed by atoms with E-state index in [1.807, 2.05) is 30.3 Å². The number of rotatable bonds is 6. The molecule has 1 unspecified atom stereocenters. The van der Waals surface area contributed by atoms with Crippen LogP contribution in [0, 0.1) is 10.1 Å². The molecular formula is C11H15NO3. The second-order valence-corrected chi connectivity index (χ2v) is 3.40. The van der Waals surface area contributed by atoms with E-state index in [0.717, 1.165) is 6.42 Å². The third kappa shape index (κ3) is 4.56. The molecule has 82 valence electrons. The van der Waals surface area contributed by atoms with Crippen molar-refractivity contribution in [3.63, 3.8) is 0 Å². The molecule has 1 atom stereocenters. The van der Waals surface area contributed by atoms with Gasteiger partial charge in [-0.15, -0.1) is 0 Å². The first kappa shape index (κ1) is 11.7. The molecule has 0 N–H and O–H groups in total. The maximum absolute atomic E-state index is 10.3. The lowest BCUT2D eigenvalue weighted by Crippen LogP contribution is -2.22. The molecule has 1 aromatic rings. The van der Waals surface area contributed by atoms with Gasteiger partial charge in [0, 0.05) is 12.0 Å². The van der Waals surface area contributed by atoms with Crippen LogP contribution in [0.25, 0.3) is 0 Å². The summed E-state index contributed by atoms with van der Waals surface area (Å²) in [5, 5.41) is 10.3. The van der Waals surface area contributed by atoms with Crippen LogP contribution in [0.2, 0.25) is 0 Å². The van der Waals surface area contributed by atoms with Crippen LogP contribution in [0.15, 0.2) is 30.3 Å². The van der Waals surface area contributed by atoms with Crippen molar-refractivity contribution in [2.45, 2.75) is 18.9 Å². The van der Waals surface area contributed by atoms with Crippen LogP contribution in [0.1, 0.15) is 12.0 Å². The summed E-state index contributed by atoms with van der Waals surface area (Å²) in [5.41, 5.74) is 1.18. The number of aryl methyl sites for hydroxylation is 1. The van der Waals surface area contributed by atoms with Crippen molar-refractivity contribution in [2.75, 3.05) is 13.7 Å². The Morgan fingerprint density at radius 1 is 1.40 bits per heavy atom. The van der Waals surface area contributed by atoms with E-state index in [1.165, 1.54) is 12.7 Å². The quantitative estimate of drug-likeness (QED) is 0.531. The Balaban J connectivity index is 2.37. The van der Waals surface area contributed by atoms with Crippen molar-refractivity contribution in [1.82, 2.24) is 0 Å². The number of benzene rings is 1. The van der Waals surface area contributed by atoms with Gasteiger partial charge in [0.25, 0.3) is 0 Å². The Bertz CT molecular complexity index is 300. The van der Waals surface area contributed by atoms with E-state index in [-0.39, 0.29) is 17.6 Å². The van der Waals surface area contributed by atoms with E-state index in [1.54, 1.807) is 0 Å². The number of methoxy groups -OCH3 is 1. The molecule has 0 amide bonds. The zero-order valence-electron chi connectivity index (χ0n) is 8.76. The third-order valence-corrected chi connectivity index (χ3v) is 2.28. The van der Waals surface area contributed by atoms with Crippen molar-refractivity contribution in [3.8, 4) is 0 Å². The maximum Gasteiger partial charge on any atom is 0.229 e. The van der Waals surface area contributed by atoms with Crippen LogP contribution in [-0.2, 0) is 11.2 Å². The summed E-state index contributed by atoms with van der Waals surface area (Å²) in [6, 6.07) is 9.90. The SMILES string of the molecule is COC(CCc1ccccc1)C[N+](=O)[O-]. The summed E-state index contributed by atoms with van der Waals surface area (Å²) in [5.74, 6) is 0. The summed E-state index contributed by atoms with van der Waals surface area (Å²) in [6.07, 6.45) is 1.20. The van der Waals surface area contributed by atoms with Crippen LogP contribution < -0.4 is 0 Å². The number of nitrogens with zero attached hydrogens (tertiary/aromatic N) is 1. The molecule has 0 fully saturated rings. The van der Waals surface area contributed by atoms with Crippen LogP contribution >= 0.6 is 0 Å². The minimum atomic E-state index is -0.334. The number of hydrogen-bond donors (Lipinski definition) is 0. The van der Waals surface area contributed by atoms with Crippen LogP contribution in [-0.4, -0.2) is 24.7 Å². The van der Waals surface area contributed by atoms with E-state index >= 15 is 0 Å². The summed E-state index contributed by atoms with van der Waals surface area (Å²) in [6.45, 7) is -0.122. The van der Waals surface area contributed by atoms with Gasteiger partial charge in [-0.05, 0) is 18.4 Å². The molecule has 1 aromatic carbocycles. The smallest absolute Gasteiger partial charge is 0.229 e. The van der Waals surface area contributed by atoms with Gasteiger partial charge in [0.2, 0.25) is 6.54 Å². The standard InChI is InChI=1S/C11H15NO3/c1-15-11(9-12(13)14)8-7-10-5-3-2-4-6-10/h2-6,11H,7-9H2,1H3. The fourth-order valence-electron chi connectivity index (χ4n) is 1.42. The van der Waals surface area contributed by atoms with Crippen LogP contribution in [0.4, 0.5) is 0 Å². The van der Waals surface area contributed by atoms with Crippen molar-refractivity contribution < 1.29 is 9.66 Å². The minimum Gasteiger partial charge on any atom is -0.375 e. The molecule has 0 saturated heterocycles. The molecular weight excluding hydrogens is 194 g/mol. The molecule has 0 radical (unpaired) electrons. The van der Waals surface area contributed by atoms with Gasteiger partial charge in [-0.2, -0.15) is 0 Å². The highest BCUT2D eigenvalue weighted by molar-refractivity contribution is 5.14. The number of hydrogen-bond acceptors (Lipinski definition) is 3. The lowest BCUT2D eigenvalue weighted by atomic mass is 10.1. The molecule has 0 aliphatic carbocycles. The fraction of sp³-hybridized carbons (Fsp3) is 0.455. The first-order valence-electron chi connectivity index (χ1n) is 4.91. The van der Waals surface area contributed by atoms with Gasteiger partial charge in [-0.3, -0.25) is 10.1 Å². The number of ether oxygens (including phenoxy) is 1. The Kier molecular flexibility index (Phi) is 4.77. The minimum absolute atomic E-state index is 0.122. The lowest BCUT2D eigenvalue weighted by Gasteiger charge is -2.10. The third-order valence-electron chi connectivity index (χ3n) is 2.28. The second kappa shape index (κ2) is 6.14. The zero-order valence-corrected chi connectivity index (χ0v) is 8.76. The van der Waals surface area contributed by atoms with Crippen molar-refractivity contribution >= 4 is 0 Å². The highest BCUT2D eigenvalue weighted by Gasteiger charge is 2.13. The van der Waals surface area contributed by atoms with E-state index in [0.29, 0.717) is 6.42 Å². The summed E-state index contributed by atoms with van der Waals surface area (Å²) in [7, 11) is 1.51. The molecule has 0 saturated carbocycles. The summed E-state index contributed by atoms with van der Waals surface area (Å²) >= 11 is 0. The molecule has 0 aliphatic rings. The molecule has 15 heavy (non-hydrogen) atoms. The van der Waals surface area contributed by atoms with Crippen molar-refractivity contribution in [2.24, 2.45) is 0 Å². The van der Waals surface area contributed by atoms with Crippen LogP contribution in [0.3, 0.4) is 0 Å². The highest BCUT2D eigenvalue weighted by Crippen LogP contribution is 2.07. The predicted molar refractivity (Wildman–Crippen MR) is 57.4 cm³/mol. The average molecular weight is 209 g/mol. The molecule has 1 rings (SSSR count). The monoisotopic (exact) mass is 209 g/mol. The highest BCUT2D eigenvalue weighted by atomic mass is 16.6. The zero-order chi connectivity index (χ0) is 11.1.